The Labute approximate surface area is 195 Å². The average Bonchev–Trinajstić information content (AvgIpc) is 2.81. The number of carbonyl (C=O) groups is 2. The highest BCUT2D eigenvalue weighted by Gasteiger charge is 2.13. The number of rotatable bonds is 8. The van der Waals surface area contributed by atoms with Gasteiger partial charge in [0.1, 0.15) is 12.4 Å². The predicted octanol–water partition coefficient (Wildman–Crippen LogP) is 4.55. The third-order valence-electron chi connectivity index (χ3n) is 4.30. The van der Waals surface area contributed by atoms with Gasteiger partial charge < -0.3 is 14.8 Å². The first-order valence-electron chi connectivity index (χ1n) is 9.99. The van der Waals surface area contributed by atoms with Gasteiger partial charge in [-0.2, -0.15) is 5.10 Å². The van der Waals surface area contributed by atoms with E-state index in [4.69, 9.17) is 21.1 Å². The molecule has 0 fully saturated rings. The zero-order chi connectivity index (χ0) is 23.6. The molecule has 0 aromatic heterocycles. The molecule has 7 nitrogen and oxygen atoms in total. The van der Waals surface area contributed by atoms with E-state index < -0.39 is 17.6 Å². The van der Waals surface area contributed by atoms with Gasteiger partial charge in [-0.05, 0) is 61.0 Å². The molecule has 2 amide bonds. The summed E-state index contributed by atoms with van der Waals surface area (Å²) in [6.45, 7) is 2.54. The van der Waals surface area contributed by atoms with Crippen LogP contribution in [0.1, 0.15) is 18.1 Å². The summed E-state index contributed by atoms with van der Waals surface area (Å²) in [6, 6.07) is 17.5. The van der Waals surface area contributed by atoms with E-state index in [1.807, 2.05) is 25.1 Å². The first-order chi connectivity index (χ1) is 16.0. The molecule has 0 aliphatic rings. The van der Waals surface area contributed by atoms with Gasteiger partial charge in [-0.25, -0.2) is 9.82 Å². The van der Waals surface area contributed by atoms with E-state index in [1.54, 1.807) is 24.3 Å². The Hall–Kier alpha value is -3.91. The zero-order valence-corrected chi connectivity index (χ0v) is 18.4. The predicted molar refractivity (Wildman–Crippen MR) is 124 cm³/mol. The summed E-state index contributed by atoms with van der Waals surface area (Å²) in [6.07, 6.45) is 1.36. The highest BCUT2D eigenvalue weighted by atomic mass is 35.5. The molecule has 0 bridgehead atoms. The minimum Gasteiger partial charge on any atom is -0.490 e. The van der Waals surface area contributed by atoms with Crippen LogP contribution < -0.4 is 20.2 Å². The molecule has 0 unspecified atom stereocenters. The molecular formula is C24H21ClFN3O4. The Balaban J connectivity index is 1.59. The molecule has 0 atom stereocenters. The Morgan fingerprint density at radius 1 is 1.00 bits per heavy atom. The van der Waals surface area contributed by atoms with Crippen molar-refractivity contribution in [2.45, 2.75) is 13.5 Å². The molecule has 33 heavy (non-hydrogen) atoms. The molecule has 0 radical (unpaired) electrons. The van der Waals surface area contributed by atoms with Crippen molar-refractivity contribution in [3.8, 4) is 11.5 Å². The molecule has 2 N–H and O–H groups in total. The molecule has 0 aliphatic heterocycles. The number of ether oxygens (including phenoxy) is 2. The molecule has 0 aliphatic carbocycles. The summed E-state index contributed by atoms with van der Waals surface area (Å²) < 4.78 is 24.4. The SMILES string of the molecule is CCOc1cc(/C=N/NC(=O)C(=O)Nc2ccc(F)cc2)ccc1OCc1ccccc1Cl. The van der Waals surface area contributed by atoms with Crippen LogP contribution in [0.15, 0.2) is 71.8 Å². The lowest BCUT2D eigenvalue weighted by Gasteiger charge is -2.13. The van der Waals surface area contributed by atoms with Gasteiger partial charge >= 0.3 is 11.8 Å². The van der Waals surface area contributed by atoms with E-state index in [0.717, 1.165) is 5.56 Å². The maximum absolute atomic E-state index is 12.9. The van der Waals surface area contributed by atoms with Crippen LogP contribution in [0.5, 0.6) is 11.5 Å². The van der Waals surface area contributed by atoms with Crippen LogP contribution in [0.2, 0.25) is 5.02 Å². The van der Waals surface area contributed by atoms with Gasteiger partial charge in [0.2, 0.25) is 0 Å². The lowest BCUT2D eigenvalue weighted by Crippen LogP contribution is -2.32. The smallest absolute Gasteiger partial charge is 0.329 e. The van der Waals surface area contributed by atoms with Crippen LogP contribution in [-0.2, 0) is 16.2 Å². The fraction of sp³-hybridized carbons (Fsp3) is 0.125. The number of carbonyl (C=O) groups excluding carboxylic acids is 2. The summed E-state index contributed by atoms with van der Waals surface area (Å²) in [5.41, 5.74) is 3.88. The topological polar surface area (TPSA) is 89.0 Å². The molecule has 3 aromatic rings. The summed E-state index contributed by atoms with van der Waals surface area (Å²) in [5.74, 6) is -1.34. The Bertz CT molecular complexity index is 1150. The van der Waals surface area contributed by atoms with E-state index in [2.05, 4.69) is 15.8 Å². The van der Waals surface area contributed by atoms with E-state index >= 15 is 0 Å². The average molecular weight is 470 g/mol. The number of nitrogens with zero attached hydrogens (tertiary/aromatic N) is 1. The van der Waals surface area contributed by atoms with E-state index in [9.17, 15) is 14.0 Å². The molecule has 0 saturated carbocycles. The lowest BCUT2D eigenvalue weighted by atomic mass is 10.2. The summed E-state index contributed by atoms with van der Waals surface area (Å²) in [4.78, 5) is 23.8. The fourth-order valence-electron chi connectivity index (χ4n) is 2.70. The molecule has 9 heteroatoms. The van der Waals surface area contributed by atoms with Crippen LogP contribution in [0.4, 0.5) is 10.1 Å². The summed E-state index contributed by atoms with van der Waals surface area (Å²) >= 11 is 6.17. The van der Waals surface area contributed by atoms with Gasteiger partial charge in [0.05, 0.1) is 12.8 Å². The second-order valence-corrected chi connectivity index (χ2v) is 7.09. The highest BCUT2D eigenvalue weighted by molar-refractivity contribution is 6.39. The van der Waals surface area contributed by atoms with Gasteiger partial charge in [-0.1, -0.05) is 29.8 Å². The van der Waals surface area contributed by atoms with Crippen molar-refractivity contribution in [3.05, 3.63) is 88.7 Å². The normalized spacial score (nSPS) is 10.6. The van der Waals surface area contributed by atoms with Gasteiger partial charge in [0.15, 0.2) is 11.5 Å². The molecule has 3 aromatic carbocycles. The Morgan fingerprint density at radius 3 is 2.48 bits per heavy atom. The largest absolute Gasteiger partial charge is 0.490 e. The fourth-order valence-corrected chi connectivity index (χ4v) is 2.89. The molecule has 0 saturated heterocycles. The van der Waals surface area contributed by atoms with Crippen molar-refractivity contribution in [1.29, 1.82) is 0 Å². The molecule has 3 rings (SSSR count). The van der Waals surface area contributed by atoms with Gasteiger partial charge in [0.25, 0.3) is 0 Å². The van der Waals surface area contributed by atoms with E-state index in [-0.39, 0.29) is 12.3 Å². The van der Waals surface area contributed by atoms with E-state index in [1.165, 1.54) is 30.5 Å². The first-order valence-corrected chi connectivity index (χ1v) is 10.4. The summed E-state index contributed by atoms with van der Waals surface area (Å²) in [5, 5.41) is 6.75. The minimum atomic E-state index is -0.972. The lowest BCUT2D eigenvalue weighted by molar-refractivity contribution is -0.136. The van der Waals surface area contributed by atoms with Gasteiger partial charge in [-0.15, -0.1) is 0 Å². The maximum atomic E-state index is 12.9. The second kappa shape index (κ2) is 11.6. The zero-order valence-electron chi connectivity index (χ0n) is 17.7. The van der Waals surface area contributed by atoms with Crippen LogP contribution >= 0.6 is 11.6 Å². The second-order valence-electron chi connectivity index (χ2n) is 6.68. The quantitative estimate of drug-likeness (QED) is 0.288. The van der Waals surface area contributed by atoms with Crippen molar-refractivity contribution in [3.63, 3.8) is 0 Å². The first kappa shape index (κ1) is 23.7. The minimum absolute atomic E-state index is 0.270. The molecule has 0 heterocycles. The van der Waals surface area contributed by atoms with Crippen LogP contribution in [-0.4, -0.2) is 24.6 Å². The molecular weight excluding hydrogens is 449 g/mol. The van der Waals surface area contributed by atoms with Crippen molar-refractivity contribution >= 4 is 35.3 Å². The number of benzene rings is 3. The number of hydrogen-bond donors (Lipinski definition) is 2. The number of halogens is 2. The highest BCUT2D eigenvalue weighted by Crippen LogP contribution is 2.29. The van der Waals surface area contributed by atoms with Crippen molar-refractivity contribution in [2.75, 3.05) is 11.9 Å². The number of hydrogen-bond acceptors (Lipinski definition) is 5. The summed E-state index contributed by atoms with van der Waals surface area (Å²) in [7, 11) is 0. The number of amides is 2. The van der Waals surface area contributed by atoms with Crippen molar-refractivity contribution in [1.82, 2.24) is 5.43 Å². The third kappa shape index (κ3) is 7.05. The van der Waals surface area contributed by atoms with Gasteiger partial charge in [0, 0.05) is 16.3 Å². The maximum Gasteiger partial charge on any atom is 0.329 e. The third-order valence-corrected chi connectivity index (χ3v) is 4.67. The van der Waals surface area contributed by atoms with Crippen molar-refractivity contribution < 1.29 is 23.5 Å². The van der Waals surface area contributed by atoms with Crippen LogP contribution in [0.3, 0.4) is 0 Å². The number of anilines is 1. The standard InChI is InChI=1S/C24H21ClFN3O4/c1-2-32-22-13-16(7-12-21(22)33-15-17-5-3-4-6-20(17)25)14-27-29-24(31)23(30)28-19-10-8-18(26)9-11-19/h3-14H,2,15H2,1H3,(H,28,30)(H,29,31)/b27-14+. The monoisotopic (exact) mass is 469 g/mol. The molecule has 0 spiro atoms. The number of hydrazone groups is 1. The van der Waals surface area contributed by atoms with Crippen molar-refractivity contribution in [2.24, 2.45) is 5.10 Å². The van der Waals surface area contributed by atoms with Gasteiger partial charge in [-0.3, -0.25) is 9.59 Å². The van der Waals surface area contributed by atoms with Crippen LogP contribution in [0.25, 0.3) is 0 Å². The molecule has 170 valence electrons. The number of nitrogens with one attached hydrogen (secondary N) is 2. The van der Waals surface area contributed by atoms with E-state index in [0.29, 0.717) is 28.7 Å². The van der Waals surface area contributed by atoms with Crippen LogP contribution in [0, 0.1) is 5.82 Å². The Morgan fingerprint density at radius 2 is 1.76 bits per heavy atom. The Kier molecular flexibility index (Phi) is 8.37.